The first-order valence-corrected chi connectivity index (χ1v) is 3.06. The van der Waals surface area contributed by atoms with Crippen LogP contribution in [0, 0.1) is 0 Å². The maximum absolute atomic E-state index is 12.0. The zero-order valence-corrected chi connectivity index (χ0v) is 6.20. The number of halogens is 5. The van der Waals surface area contributed by atoms with Gasteiger partial charge in [-0.25, -0.2) is 0 Å². The van der Waals surface area contributed by atoms with Gasteiger partial charge in [0.05, 0.1) is 0 Å². The molecule has 0 heterocycles. The standard InChI is InChI=1S/C6H8F5N/c1-4(12)2-3-5(7,8)6(9,10)11/h2-4H,12H2,1H3/b3-2+. The lowest BCUT2D eigenvalue weighted by molar-refractivity contribution is -0.259. The van der Waals surface area contributed by atoms with E-state index in [0.29, 0.717) is 6.08 Å². The van der Waals surface area contributed by atoms with E-state index in [0.717, 1.165) is 0 Å². The molecule has 0 aromatic heterocycles. The van der Waals surface area contributed by atoms with Crippen molar-refractivity contribution in [1.29, 1.82) is 0 Å². The number of allylic oxidation sites excluding steroid dienone is 1. The summed E-state index contributed by atoms with van der Waals surface area (Å²) in [6.45, 7) is 1.29. The van der Waals surface area contributed by atoms with Gasteiger partial charge in [0.1, 0.15) is 0 Å². The highest BCUT2D eigenvalue weighted by Gasteiger charge is 2.55. The van der Waals surface area contributed by atoms with Gasteiger partial charge in [0, 0.05) is 6.04 Å². The first-order chi connectivity index (χ1) is 5.17. The van der Waals surface area contributed by atoms with Crippen LogP contribution in [0.5, 0.6) is 0 Å². The van der Waals surface area contributed by atoms with Gasteiger partial charge >= 0.3 is 12.1 Å². The molecular formula is C6H8F5N. The molecule has 2 N–H and O–H groups in total. The van der Waals surface area contributed by atoms with Crippen molar-refractivity contribution in [2.45, 2.75) is 25.1 Å². The lowest BCUT2D eigenvalue weighted by Crippen LogP contribution is -2.34. The van der Waals surface area contributed by atoms with Gasteiger partial charge in [0.2, 0.25) is 0 Å². The van der Waals surface area contributed by atoms with E-state index < -0.39 is 18.1 Å². The summed E-state index contributed by atoms with van der Waals surface area (Å²) in [5.74, 6) is -4.79. The van der Waals surface area contributed by atoms with Gasteiger partial charge in [-0.1, -0.05) is 6.08 Å². The molecule has 12 heavy (non-hydrogen) atoms. The molecule has 1 nitrogen and oxygen atoms in total. The van der Waals surface area contributed by atoms with Crippen molar-refractivity contribution in [3.05, 3.63) is 12.2 Å². The molecule has 0 aliphatic heterocycles. The molecule has 0 radical (unpaired) electrons. The van der Waals surface area contributed by atoms with Crippen LogP contribution in [0.3, 0.4) is 0 Å². The van der Waals surface area contributed by atoms with E-state index in [4.69, 9.17) is 5.73 Å². The smallest absolute Gasteiger partial charge is 0.325 e. The quantitative estimate of drug-likeness (QED) is 0.522. The van der Waals surface area contributed by atoms with E-state index in [9.17, 15) is 22.0 Å². The Kier molecular flexibility index (Phi) is 3.20. The predicted octanol–water partition coefficient (Wildman–Crippen LogP) is 2.09. The summed E-state index contributed by atoms with van der Waals surface area (Å²) in [6.07, 6.45) is -5.18. The van der Waals surface area contributed by atoms with Crippen molar-refractivity contribution in [2.24, 2.45) is 5.73 Å². The molecular weight excluding hydrogens is 181 g/mol. The molecule has 0 amide bonds. The Balaban J connectivity index is 4.43. The highest BCUT2D eigenvalue weighted by atomic mass is 19.4. The molecule has 0 aromatic rings. The van der Waals surface area contributed by atoms with Gasteiger partial charge in [-0.2, -0.15) is 22.0 Å². The number of hydrogen-bond acceptors (Lipinski definition) is 1. The largest absolute Gasteiger partial charge is 0.457 e. The second-order valence-corrected chi connectivity index (χ2v) is 2.34. The highest BCUT2D eigenvalue weighted by molar-refractivity contribution is 5.02. The summed E-state index contributed by atoms with van der Waals surface area (Å²) < 4.78 is 58.4. The number of rotatable bonds is 2. The number of alkyl halides is 5. The lowest BCUT2D eigenvalue weighted by Gasteiger charge is -2.15. The van der Waals surface area contributed by atoms with Crippen LogP contribution in [0.1, 0.15) is 6.92 Å². The van der Waals surface area contributed by atoms with Crippen LogP contribution in [0.2, 0.25) is 0 Å². The normalized spacial score (nSPS) is 16.9. The first kappa shape index (κ1) is 11.4. The van der Waals surface area contributed by atoms with Crippen LogP contribution in [-0.4, -0.2) is 18.1 Å². The molecule has 0 bridgehead atoms. The van der Waals surface area contributed by atoms with Crippen molar-refractivity contribution in [3.8, 4) is 0 Å². The lowest BCUT2D eigenvalue weighted by atomic mass is 10.2. The van der Waals surface area contributed by atoms with Crippen LogP contribution < -0.4 is 5.73 Å². The van der Waals surface area contributed by atoms with Crippen molar-refractivity contribution in [3.63, 3.8) is 0 Å². The zero-order chi connectivity index (χ0) is 9.99. The minimum absolute atomic E-state index is 0.238. The van der Waals surface area contributed by atoms with Crippen molar-refractivity contribution < 1.29 is 22.0 Å². The van der Waals surface area contributed by atoms with Gasteiger partial charge in [-0.05, 0) is 13.0 Å². The summed E-state index contributed by atoms with van der Waals surface area (Å²) in [6, 6.07) is -0.821. The molecule has 0 saturated carbocycles. The summed E-state index contributed by atoms with van der Waals surface area (Å²) in [5.41, 5.74) is 4.96. The third kappa shape index (κ3) is 3.17. The fourth-order valence-electron chi connectivity index (χ4n) is 0.367. The van der Waals surface area contributed by atoms with Gasteiger partial charge < -0.3 is 5.73 Å². The summed E-state index contributed by atoms with van der Waals surface area (Å²) in [7, 11) is 0. The molecule has 1 unspecified atom stereocenters. The van der Waals surface area contributed by atoms with E-state index in [1.165, 1.54) is 6.92 Å². The van der Waals surface area contributed by atoms with Crippen molar-refractivity contribution in [2.75, 3.05) is 0 Å². The topological polar surface area (TPSA) is 26.0 Å². The maximum Gasteiger partial charge on any atom is 0.457 e. The molecule has 72 valence electrons. The molecule has 6 heteroatoms. The molecule has 0 aliphatic rings. The Morgan fingerprint density at radius 3 is 1.83 bits per heavy atom. The number of nitrogens with two attached hydrogens (primary N) is 1. The average molecular weight is 189 g/mol. The monoisotopic (exact) mass is 189 g/mol. The third-order valence-corrected chi connectivity index (χ3v) is 0.987. The van der Waals surface area contributed by atoms with Crippen LogP contribution >= 0.6 is 0 Å². The predicted molar refractivity (Wildman–Crippen MR) is 33.8 cm³/mol. The molecule has 0 aromatic carbocycles. The van der Waals surface area contributed by atoms with Crippen LogP contribution in [-0.2, 0) is 0 Å². The minimum Gasteiger partial charge on any atom is -0.325 e. The van der Waals surface area contributed by atoms with Gasteiger partial charge in [-0.15, -0.1) is 0 Å². The molecule has 0 aliphatic carbocycles. The first-order valence-electron chi connectivity index (χ1n) is 3.06. The summed E-state index contributed by atoms with van der Waals surface area (Å²) in [5, 5.41) is 0. The molecule has 1 atom stereocenters. The Labute approximate surface area is 66.0 Å². The molecule has 0 saturated heterocycles. The third-order valence-electron chi connectivity index (χ3n) is 0.987. The molecule has 0 fully saturated rings. The summed E-state index contributed by atoms with van der Waals surface area (Å²) >= 11 is 0. The number of hydrogen-bond donors (Lipinski definition) is 1. The van der Waals surface area contributed by atoms with Gasteiger partial charge in [0.25, 0.3) is 0 Å². The average Bonchev–Trinajstić information content (AvgIpc) is 1.81. The molecule has 0 spiro atoms. The van der Waals surface area contributed by atoms with Crippen molar-refractivity contribution in [1.82, 2.24) is 0 Å². The second-order valence-electron chi connectivity index (χ2n) is 2.34. The van der Waals surface area contributed by atoms with Crippen LogP contribution in [0.25, 0.3) is 0 Å². The van der Waals surface area contributed by atoms with E-state index in [2.05, 4.69) is 0 Å². The minimum atomic E-state index is -5.54. The van der Waals surface area contributed by atoms with E-state index in [1.807, 2.05) is 0 Å². The van der Waals surface area contributed by atoms with E-state index >= 15 is 0 Å². The Morgan fingerprint density at radius 2 is 1.58 bits per heavy atom. The highest BCUT2D eigenvalue weighted by Crippen LogP contribution is 2.36. The fraction of sp³-hybridized carbons (Fsp3) is 0.667. The summed E-state index contributed by atoms with van der Waals surface area (Å²) in [4.78, 5) is 0. The van der Waals surface area contributed by atoms with E-state index in [-0.39, 0.29) is 6.08 Å². The van der Waals surface area contributed by atoms with Crippen molar-refractivity contribution >= 4 is 0 Å². The van der Waals surface area contributed by atoms with Crippen LogP contribution in [0.15, 0.2) is 12.2 Å². The Bertz CT molecular complexity index is 169. The Morgan fingerprint density at radius 1 is 1.17 bits per heavy atom. The van der Waals surface area contributed by atoms with E-state index in [1.54, 1.807) is 0 Å². The second kappa shape index (κ2) is 3.38. The maximum atomic E-state index is 12.0. The Hall–Kier alpha value is -0.650. The van der Waals surface area contributed by atoms with Gasteiger partial charge in [-0.3, -0.25) is 0 Å². The SMILES string of the molecule is CC(N)/C=C/C(F)(F)C(F)(F)F. The fourth-order valence-corrected chi connectivity index (χ4v) is 0.367. The zero-order valence-electron chi connectivity index (χ0n) is 6.20. The molecule has 0 rings (SSSR count). The van der Waals surface area contributed by atoms with Gasteiger partial charge in [0.15, 0.2) is 0 Å². The van der Waals surface area contributed by atoms with Crippen LogP contribution in [0.4, 0.5) is 22.0 Å².